The van der Waals surface area contributed by atoms with Crippen molar-refractivity contribution in [3.05, 3.63) is 53.9 Å². The fraction of sp³-hybridized carbons (Fsp3) is 0.643. The van der Waals surface area contributed by atoms with Crippen LogP contribution in [-0.4, -0.2) is 4.87 Å². The summed E-state index contributed by atoms with van der Waals surface area (Å²) in [6.07, 6.45) is 22.5. The van der Waals surface area contributed by atoms with Gasteiger partial charge in [-0.05, 0) is 54.6 Å². The molecule has 2 fully saturated rings. The summed E-state index contributed by atoms with van der Waals surface area (Å²) < 4.78 is 14.1. The molecule has 0 N–H and O–H groups in total. The monoisotopic (exact) mass is 428 g/mol. The van der Waals surface area contributed by atoms with Crippen molar-refractivity contribution >= 4 is 17.2 Å². The number of hydrogen-bond acceptors (Lipinski definition) is 0. The van der Waals surface area contributed by atoms with E-state index >= 15 is 0 Å². The maximum atomic E-state index is 14.1. The Morgan fingerprint density at radius 2 is 1.50 bits per heavy atom. The first-order chi connectivity index (χ1) is 14.6. The molecule has 30 heavy (non-hydrogen) atoms. The fourth-order valence-electron chi connectivity index (χ4n) is 6.16. The average molecular weight is 429 g/mol. The highest BCUT2D eigenvalue weighted by Crippen LogP contribution is 2.46. The topological polar surface area (TPSA) is 0 Å². The van der Waals surface area contributed by atoms with E-state index in [1.807, 2.05) is 18.2 Å². The lowest BCUT2D eigenvalue weighted by Crippen LogP contribution is -2.34. The van der Waals surface area contributed by atoms with E-state index in [2.05, 4.69) is 19.1 Å². The normalized spacial score (nSPS) is 34.6. The maximum absolute atomic E-state index is 14.1. The molecule has 0 radical (unpaired) electrons. The van der Waals surface area contributed by atoms with Gasteiger partial charge in [-0.2, -0.15) is 0 Å². The van der Waals surface area contributed by atoms with Gasteiger partial charge in [0.25, 0.3) is 0 Å². The summed E-state index contributed by atoms with van der Waals surface area (Å²) in [6.45, 7) is 2.35. The molecule has 4 rings (SSSR count). The highest BCUT2D eigenvalue weighted by atomic mass is 35.5. The molecule has 0 nitrogen and oxygen atoms in total. The third kappa shape index (κ3) is 5.21. The van der Waals surface area contributed by atoms with Gasteiger partial charge in [-0.3, -0.25) is 0 Å². The number of rotatable bonds is 6. The molecule has 1 atom stereocenters. The van der Waals surface area contributed by atoms with Crippen molar-refractivity contribution in [3.63, 3.8) is 0 Å². The molecule has 1 aromatic carbocycles. The second-order valence-electron chi connectivity index (χ2n) is 10.2. The number of allylic oxidation sites excluding steroid dienone is 4. The molecular weight excluding hydrogens is 391 g/mol. The summed E-state index contributed by atoms with van der Waals surface area (Å²) in [5.41, 5.74) is 1.65. The summed E-state index contributed by atoms with van der Waals surface area (Å²) in [5, 5.41) is 0. The predicted molar refractivity (Wildman–Crippen MR) is 127 cm³/mol. The maximum Gasteiger partial charge on any atom is 0.131 e. The minimum atomic E-state index is -0.280. The standard InChI is InChI=1S/C28H38ClF/c1-2-21-7-9-22(10-8-21)11-12-23-13-15-25(16-14-23)28(29)19-17-24(18-20-28)26-5-3-4-6-27(26)30/h3-6,17-19,21-23,25H,2,7-16,20H2,1H3. The van der Waals surface area contributed by atoms with Gasteiger partial charge < -0.3 is 0 Å². The second kappa shape index (κ2) is 10.0. The van der Waals surface area contributed by atoms with Crippen molar-refractivity contribution < 1.29 is 4.39 Å². The molecule has 0 heterocycles. The van der Waals surface area contributed by atoms with Gasteiger partial charge in [0.1, 0.15) is 5.82 Å². The van der Waals surface area contributed by atoms with Gasteiger partial charge in [0, 0.05) is 5.56 Å². The van der Waals surface area contributed by atoms with E-state index in [-0.39, 0.29) is 10.7 Å². The summed E-state index contributed by atoms with van der Waals surface area (Å²) in [4.78, 5) is -0.280. The molecule has 0 aliphatic heterocycles. The Hall–Kier alpha value is -1.08. The Kier molecular flexibility index (Phi) is 7.40. The second-order valence-corrected chi connectivity index (χ2v) is 10.9. The molecule has 3 aliphatic rings. The predicted octanol–water partition coefficient (Wildman–Crippen LogP) is 8.95. The van der Waals surface area contributed by atoms with Gasteiger partial charge in [-0.25, -0.2) is 4.39 Å². The third-order valence-electron chi connectivity index (χ3n) is 8.41. The molecule has 0 saturated heterocycles. The number of hydrogen-bond donors (Lipinski definition) is 0. The minimum Gasteiger partial charge on any atom is -0.206 e. The lowest BCUT2D eigenvalue weighted by atomic mass is 9.71. The van der Waals surface area contributed by atoms with Crippen LogP contribution >= 0.6 is 11.6 Å². The van der Waals surface area contributed by atoms with Crippen LogP contribution in [0.4, 0.5) is 4.39 Å². The zero-order chi connectivity index (χ0) is 21.0. The molecule has 1 aromatic rings. The fourth-order valence-corrected chi connectivity index (χ4v) is 6.52. The van der Waals surface area contributed by atoms with E-state index in [0.717, 1.165) is 29.7 Å². The molecule has 3 aliphatic carbocycles. The molecule has 2 heteroatoms. The number of alkyl halides is 1. The Labute approximate surface area is 188 Å². The largest absolute Gasteiger partial charge is 0.206 e. The van der Waals surface area contributed by atoms with Crippen molar-refractivity contribution in [3.8, 4) is 0 Å². The van der Waals surface area contributed by atoms with Gasteiger partial charge in [0.05, 0.1) is 4.87 Å². The Balaban J connectivity index is 1.24. The van der Waals surface area contributed by atoms with Crippen LogP contribution in [0.15, 0.2) is 42.5 Å². The van der Waals surface area contributed by atoms with Gasteiger partial charge in [-0.1, -0.05) is 101 Å². The number of halogens is 2. The van der Waals surface area contributed by atoms with E-state index in [1.54, 1.807) is 6.07 Å². The van der Waals surface area contributed by atoms with Gasteiger partial charge in [-0.15, -0.1) is 11.6 Å². The molecular formula is C28H38ClF. The van der Waals surface area contributed by atoms with Crippen molar-refractivity contribution in [1.29, 1.82) is 0 Å². The first kappa shape index (κ1) is 22.1. The van der Waals surface area contributed by atoms with Crippen LogP contribution in [0.5, 0.6) is 0 Å². The molecule has 0 amide bonds. The van der Waals surface area contributed by atoms with Gasteiger partial charge >= 0.3 is 0 Å². The van der Waals surface area contributed by atoms with Crippen LogP contribution in [0.1, 0.15) is 89.5 Å². The Morgan fingerprint density at radius 1 is 0.900 bits per heavy atom. The quantitative estimate of drug-likeness (QED) is 0.396. The Morgan fingerprint density at radius 3 is 2.07 bits per heavy atom. The highest BCUT2D eigenvalue weighted by Gasteiger charge is 2.37. The molecule has 0 bridgehead atoms. The first-order valence-corrected chi connectivity index (χ1v) is 12.8. The summed E-state index contributed by atoms with van der Waals surface area (Å²) >= 11 is 7.10. The number of benzene rings is 1. The highest BCUT2D eigenvalue weighted by molar-refractivity contribution is 6.26. The van der Waals surface area contributed by atoms with Crippen LogP contribution in [0.25, 0.3) is 5.57 Å². The summed E-state index contributed by atoms with van der Waals surface area (Å²) in [5.74, 6) is 3.30. The van der Waals surface area contributed by atoms with E-state index < -0.39 is 0 Å². The van der Waals surface area contributed by atoms with E-state index in [0.29, 0.717) is 11.5 Å². The summed E-state index contributed by atoms with van der Waals surface area (Å²) in [6, 6.07) is 7.02. The molecule has 0 aromatic heterocycles. The van der Waals surface area contributed by atoms with Crippen molar-refractivity contribution in [2.75, 3.05) is 0 Å². The Bertz CT molecular complexity index is 750. The first-order valence-electron chi connectivity index (χ1n) is 12.4. The molecule has 0 spiro atoms. The van der Waals surface area contributed by atoms with E-state index in [1.165, 1.54) is 76.7 Å². The molecule has 1 unspecified atom stereocenters. The van der Waals surface area contributed by atoms with Crippen molar-refractivity contribution in [1.82, 2.24) is 0 Å². The smallest absolute Gasteiger partial charge is 0.131 e. The minimum absolute atomic E-state index is 0.154. The zero-order valence-corrected chi connectivity index (χ0v) is 19.3. The molecule has 164 valence electrons. The van der Waals surface area contributed by atoms with Gasteiger partial charge in [0.15, 0.2) is 0 Å². The van der Waals surface area contributed by atoms with Crippen molar-refractivity contribution in [2.24, 2.45) is 23.7 Å². The van der Waals surface area contributed by atoms with Crippen LogP contribution in [0.3, 0.4) is 0 Å². The van der Waals surface area contributed by atoms with Crippen LogP contribution < -0.4 is 0 Å². The lowest BCUT2D eigenvalue weighted by Gasteiger charge is -2.39. The lowest BCUT2D eigenvalue weighted by molar-refractivity contribution is 0.203. The molecule has 2 saturated carbocycles. The van der Waals surface area contributed by atoms with Crippen LogP contribution in [0.2, 0.25) is 0 Å². The van der Waals surface area contributed by atoms with E-state index in [4.69, 9.17) is 11.6 Å². The van der Waals surface area contributed by atoms with Crippen LogP contribution in [-0.2, 0) is 0 Å². The van der Waals surface area contributed by atoms with E-state index in [9.17, 15) is 4.39 Å². The van der Waals surface area contributed by atoms with Gasteiger partial charge in [0.2, 0.25) is 0 Å². The van der Waals surface area contributed by atoms with Crippen LogP contribution in [0, 0.1) is 29.5 Å². The summed E-state index contributed by atoms with van der Waals surface area (Å²) in [7, 11) is 0. The third-order valence-corrected chi connectivity index (χ3v) is 9.00. The zero-order valence-electron chi connectivity index (χ0n) is 18.6. The average Bonchev–Trinajstić information content (AvgIpc) is 2.79. The SMILES string of the molecule is CCC1CCC(CCC2CCC(C3(Cl)C=CC(c4ccccc4F)=CC3)CC2)CC1. The van der Waals surface area contributed by atoms with Crippen molar-refractivity contribution in [2.45, 2.75) is 88.8 Å².